The first-order valence-electron chi connectivity index (χ1n) is 4.83. The molecule has 0 saturated carbocycles. The fourth-order valence-corrected chi connectivity index (χ4v) is 3.06. The second kappa shape index (κ2) is 5.24. The Morgan fingerprint density at radius 3 is 2.82 bits per heavy atom. The number of hydrogen-bond acceptors (Lipinski definition) is 4. The summed E-state index contributed by atoms with van der Waals surface area (Å²) in [6.07, 6.45) is 0. The molecule has 92 valence electrons. The van der Waals surface area contributed by atoms with Crippen molar-refractivity contribution in [3.05, 3.63) is 28.0 Å². The van der Waals surface area contributed by atoms with E-state index in [4.69, 9.17) is 15.7 Å². The Bertz CT molecular complexity index is 466. The summed E-state index contributed by atoms with van der Waals surface area (Å²) in [5.74, 6) is -0.523. The van der Waals surface area contributed by atoms with E-state index in [1.165, 1.54) is 11.8 Å². The lowest BCUT2D eigenvalue weighted by Gasteiger charge is -2.25. The van der Waals surface area contributed by atoms with Crippen LogP contribution >= 0.6 is 27.7 Å². The van der Waals surface area contributed by atoms with Crippen molar-refractivity contribution in [2.75, 3.05) is 13.2 Å². The maximum Gasteiger partial charge on any atom is 0.171 e. The highest BCUT2D eigenvalue weighted by atomic mass is 79.9. The molecule has 1 aliphatic rings. The molecule has 1 fully saturated rings. The summed E-state index contributed by atoms with van der Waals surface area (Å²) in [7, 11) is 0. The number of nitrogens with two attached hydrogens (primary N) is 1. The molecule has 0 spiro atoms. The van der Waals surface area contributed by atoms with Crippen LogP contribution in [-0.2, 0) is 4.74 Å². The zero-order chi connectivity index (χ0) is 12.4. The third kappa shape index (κ3) is 2.56. The molecule has 1 heterocycles. The SMILES string of the molecule is N/C(=N/O)c1ccc(SC2COC2)c(F)c1Br. The van der Waals surface area contributed by atoms with Crippen molar-refractivity contribution in [2.45, 2.75) is 10.1 Å². The minimum atomic E-state index is -0.397. The summed E-state index contributed by atoms with van der Waals surface area (Å²) in [6.45, 7) is 1.29. The third-order valence-electron chi connectivity index (χ3n) is 2.33. The molecule has 0 atom stereocenters. The first kappa shape index (κ1) is 12.7. The fraction of sp³-hybridized carbons (Fsp3) is 0.300. The summed E-state index contributed by atoms with van der Waals surface area (Å²) < 4.78 is 19.2. The standard InChI is InChI=1S/C10H10BrFN2O2S/c11-8-6(10(13)14-15)1-2-7(9(8)12)17-5-3-16-4-5/h1-2,5,15H,3-4H2,(H2,13,14). The number of amidine groups is 1. The number of ether oxygens (including phenoxy) is 1. The zero-order valence-corrected chi connectivity index (χ0v) is 11.1. The Kier molecular flexibility index (Phi) is 3.90. The largest absolute Gasteiger partial charge is 0.409 e. The lowest BCUT2D eigenvalue weighted by molar-refractivity contribution is 0.0455. The van der Waals surface area contributed by atoms with Gasteiger partial charge in [0.2, 0.25) is 0 Å². The van der Waals surface area contributed by atoms with Gasteiger partial charge in [-0.15, -0.1) is 11.8 Å². The Balaban J connectivity index is 2.28. The van der Waals surface area contributed by atoms with Crippen molar-refractivity contribution < 1.29 is 14.3 Å². The molecule has 4 nitrogen and oxygen atoms in total. The van der Waals surface area contributed by atoms with Gasteiger partial charge in [-0.1, -0.05) is 5.16 Å². The summed E-state index contributed by atoms with van der Waals surface area (Å²) in [5.41, 5.74) is 5.76. The van der Waals surface area contributed by atoms with Gasteiger partial charge >= 0.3 is 0 Å². The van der Waals surface area contributed by atoms with E-state index >= 15 is 0 Å². The van der Waals surface area contributed by atoms with Gasteiger partial charge in [-0.05, 0) is 28.1 Å². The molecule has 0 unspecified atom stereocenters. The maximum absolute atomic E-state index is 14.0. The minimum absolute atomic E-state index is 0.126. The molecule has 17 heavy (non-hydrogen) atoms. The first-order chi connectivity index (χ1) is 8.13. The highest BCUT2D eigenvalue weighted by Gasteiger charge is 2.23. The van der Waals surface area contributed by atoms with Crippen LogP contribution in [0.15, 0.2) is 26.7 Å². The summed E-state index contributed by atoms with van der Waals surface area (Å²) in [5, 5.41) is 11.7. The number of rotatable bonds is 3. The van der Waals surface area contributed by atoms with Crippen molar-refractivity contribution in [1.82, 2.24) is 0 Å². The smallest absolute Gasteiger partial charge is 0.171 e. The maximum atomic E-state index is 14.0. The molecule has 1 aromatic carbocycles. The number of nitrogens with zero attached hydrogens (tertiary/aromatic N) is 1. The molecule has 1 aromatic rings. The quantitative estimate of drug-likeness (QED) is 0.387. The van der Waals surface area contributed by atoms with E-state index < -0.39 is 5.82 Å². The summed E-state index contributed by atoms with van der Waals surface area (Å²) in [6, 6.07) is 3.24. The van der Waals surface area contributed by atoms with Crippen LogP contribution in [0.25, 0.3) is 0 Å². The molecule has 3 N–H and O–H groups in total. The predicted octanol–water partition coefficient (Wildman–Crippen LogP) is 2.17. The number of oxime groups is 1. The lowest BCUT2D eigenvalue weighted by Crippen LogP contribution is -2.30. The molecular formula is C10H10BrFN2O2S. The van der Waals surface area contributed by atoms with Crippen LogP contribution in [-0.4, -0.2) is 29.5 Å². The van der Waals surface area contributed by atoms with Gasteiger partial charge in [0.15, 0.2) is 11.7 Å². The second-order valence-corrected chi connectivity index (χ2v) is 5.64. The van der Waals surface area contributed by atoms with Crippen molar-refractivity contribution in [1.29, 1.82) is 0 Å². The second-order valence-electron chi connectivity index (χ2n) is 3.50. The van der Waals surface area contributed by atoms with Crippen molar-refractivity contribution >= 4 is 33.5 Å². The topological polar surface area (TPSA) is 67.8 Å². The van der Waals surface area contributed by atoms with Crippen LogP contribution < -0.4 is 5.73 Å². The fourth-order valence-electron chi connectivity index (χ4n) is 1.34. The third-order valence-corrected chi connectivity index (χ3v) is 4.28. The van der Waals surface area contributed by atoms with Gasteiger partial charge in [-0.25, -0.2) is 4.39 Å². The molecule has 1 saturated heterocycles. The monoisotopic (exact) mass is 320 g/mol. The molecule has 1 aliphatic heterocycles. The summed E-state index contributed by atoms with van der Waals surface area (Å²) in [4.78, 5) is 0.527. The van der Waals surface area contributed by atoms with Gasteiger partial charge in [0.25, 0.3) is 0 Å². The molecular weight excluding hydrogens is 311 g/mol. The highest BCUT2D eigenvalue weighted by molar-refractivity contribution is 9.10. The molecule has 2 rings (SSSR count). The number of thioether (sulfide) groups is 1. The van der Waals surface area contributed by atoms with Crippen LogP contribution in [0, 0.1) is 5.82 Å². The van der Waals surface area contributed by atoms with E-state index in [-0.39, 0.29) is 10.3 Å². The van der Waals surface area contributed by atoms with Gasteiger partial charge in [0.05, 0.1) is 22.9 Å². The molecule has 7 heteroatoms. The average molecular weight is 321 g/mol. The Morgan fingerprint density at radius 2 is 2.29 bits per heavy atom. The van der Waals surface area contributed by atoms with Gasteiger partial charge in [-0.3, -0.25) is 0 Å². The predicted molar refractivity (Wildman–Crippen MR) is 67.1 cm³/mol. The lowest BCUT2D eigenvalue weighted by atomic mass is 10.2. The van der Waals surface area contributed by atoms with Crippen molar-refractivity contribution in [3.8, 4) is 0 Å². The number of hydrogen-bond donors (Lipinski definition) is 2. The van der Waals surface area contributed by atoms with E-state index in [2.05, 4.69) is 21.1 Å². The van der Waals surface area contributed by atoms with E-state index in [1.54, 1.807) is 12.1 Å². The van der Waals surface area contributed by atoms with Crippen LogP contribution in [0.5, 0.6) is 0 Å². The van der Waals surface area contributed by atoms with E-state index in [1.807, 2.05) is 0 Å². The van der Waals surface area contributed by atoms with Gasteiger partial charge in [0.1, 0.15) is 0 Å². The minimum Gasteiger partial charge on any atom is -0.409 e. The van der Waals surface area contributed by atoms with Crippen LogP contribution in [0.3, 0.4) is 0 Å². The van der Waals surface area contributed by atoms with E-state index in [0.717, 1.165) is 0 Å². The molecule has 0 aromatic heterocycles. The van der Waals surface area contributed by atoms with E-state index in [0.29, 0.717) is 28.9 Å². The van der Waals surface area contributed by atoms with Gasteiger partial charge in [0, 0.05) is 10.5 Å². The Hall–Kier alpha value is -0.790. The molecule has 0 bridgehead atoms. The van der Waals surface area contributed by atoms with Crippen molar-refractivity contribution in [3.63, 3.8) is 0 Å². The Labute approximate surface area is 110 Å². The van der Waals surface area contributed by atoms with Gasteiger partial charge < -0.3 is 15.7 Å². The van der Waals surface area contributed by atoms with Crippen molar-refractivity contribution in [2.24, 2.45) is 10.9 Å². The van der Waals surface area contributed by atoms with Crippen LogP contribution in [0.1, 0.15) is 5.56 Å². The normalized spacial score (nSPS) is 16.9. The number of benzene rings is 1. The average Bonchev–Trinajstić information content (AvgIpc) is 2.28. The zero-order valence-electron chi connectivity index (χ0n) is 8.69. The highest BCUT2D eigenvalue weighted by Crippen LogP contribution is 2.34. The molecule has 0 amide bonds. The van der Waals surface area contributed by atoms with Crippen LogP contribution in [0.2, 0.25) is 0 Å². The van der Waals surface area contributed by atoms with Gasteiger partial charge in [-0.2, -0.15) is 0 Å². The molecule has 0 aliphatic carbocycles. The molecule has 0 radical (unpaired) electrons. The van der Waals surface area contributed by atoms with Crippen LogP contribution in [0.4, 0.5) is 4.39 Å². The summed E-state index contributed by atoms with van der Waals surface area (Å²) >= 11 is 4.54. The van der Waals surface area contributed by atoms with E-state index in [9.17, 15) is 4.39 Å². The Morgan fingerprint density at radius 1 is 1.59 bits per heavy atom. The first-order valence-corrected chi connectivity index (χ1v) is 6.51. The number of halogens is 2.